The molecule has 1 fully saturated rings. The minimum Gasteiger partial charge on any atom is -0.393 e. The van der Waals surface area contributed by atoms with Crippen molar-refractivity contribution in [3.63, 3.8) is 0 Å². The summed E-state index contributed by atoms with van der Waals surface area (Å²) < 4.78 is 2.03. The first-order chi connectivity index (χ1) is 5.86. The van der Waals surface area contributed by atoms with Gasteiger partial charge in [-0.1, -0.05) is 0 Å². The zero-order valence-electron chi connectivity index (χ0n) is 6.93. The van der Waals surface area contributed by atoms with Crippen molar-refractivity contribution in [1.29, 1.82) is 0 Å². The van der Waals surface area contributed by atoms with Gasteiger partial charge in [-0.3, -0.25) is 0 Å². The Balaban J connectivity index is 1.99. The largest absolute Gasteiger partial charge is 0.393 e. The standard InChI is InChI=1S/C8H13N3O/c12-8-3-1-7(2-4-8)11-5-9-10-6-11/h5-8,12H,1-4H2/t7-,8-. The first kappa shape index (κ1) is 7.73. The van der Waals surface area contributed by atoms with Crippen molar-refractivity contribution in [1.82, 2.24) is 14.8 Å². The van der Waals surface area contributed by atoms with Crippen LogP contribution < -0.4 is 0 Å². The number of aliphatic hydroxyl groups excluding tert-OH is 1. The molecule has 0 aliphatic heterocycles. The van der Waals surface area contributed by atoms with E-state index in [-0.39, 0.29) is 6.10 Å². The van der Waals surface area contributed by atoms with Crippen LogP contribution in [0.1, 0.15) is 31.7 Å². The summed E-state index contributed by atoms with van der Waals surface area (Å²) in [6.45, 7) is 0. The molecule has 12 heavy (non-hydrogen) atoms. The van der Waals surface area contributed by atoms with Crippen LogP contribution in [0.25, 0.3) is 0 Å². The molecule has 1 aliphatic carbocycles. The molecular formula is C8H13N3O. The van der Waals surface area contributed by atoms with E-state index < -0.39 is 0 Å². The second-order valence-corrected chi connectivity index (χ2v) is 3.37. The lowest BCUT2D eigenvalue weighted by Gasteiger charge is -2.25. The Morgan fingerprint density at radius 2 is 1.67 bits per heavy atom. The fourth-order valence-electron chi connectivity index (χ4n) is 1.75. The Morgan fingerprint density at radius 1 is 1.08 bits per heavy atom. The van der Waals surface area contributed by atoms with E-state index in [2.05, 4.69) is 10.2 Å². The Bertz CT molecular complexity index is 226. The summed E-state index contributed by atoms with van der Waals surface area (Å²) in [5.74, 6) is 0. The summed E-state index contributed by atoms with van der Waals surface area (Å²) >= 11 is 0. The number of aliphatic hydroxyl groups is 1. The lowest BCUT2D eigenvalue weighted by Crippen LogP contribution is -2.20. The molecule has 1 heterocycles. The maximum atomic E-state index is 9.28. The number of hydrogen-bond donors (Lipinski definition) is 1. The summed E-state index contributed by atoms with van der Waals surface area (Å²) in [5, 5.41) is 16.8. The van der Waals surface area contributed by atoms with Crippen LogP contribution in [0.15, 0.2) is 12.7 Å². The second-order valence-electron chi connectivity index (χ2n) is 3.37. The van der Waals surface area contributed by atoms with Gasteiger partial charge in [0.1, 0.15) is 12.7 Å². The summed E-state index contributed by atoms with van der Waals surface area (Å²) in [6, 6.07) is 0.503. The topological polar surface area (TPSA) is 50.9 Å². The van der Waals surface area contributed by atoms with Gasteiger partial charge in [0.25, 0.3) is 0 Å². The maximum Gasteiger partial charge on any atom is 0.119 e. The van der Waals surface area contributed by atoms with Crippen molar-refractivity contribution in [2.75, 3.05) is 0 Å². The quantitative estimate of drug-likeness (QED) is 0.671. The average Bonchev–Trinajstić information content (AvgIpc) is 2.58. The SMILES string of the molecule is O[C@H]1CC[C@H](n2cnnc2)CC1. The van der Waals surface area contributed by atoms with E-state index in [0.717, 1.165) is 25.7 Å². The third-order valence-corrected chi connectivity index (χ3v) is 2.52. The zero-order chi connectivity index (χ0) is 8.39. The van der Waals surface area contributed by atoms with E-state index in [1.165, 1.54) is 0 Å². The molecule has 1 aromatic heterocycles. The van der Waals surface area contributed by atoms with Crippen LogP contribution in [-0.4, -0.2) is 26.0 Å². The highest BCUT2D eigenvalue weighted by Crippen LogP contribution is 2.27. The molecule has 1 aromatic rings. The minimum atomic E-state index is -0.0854. The van der Waals surface area contributed by atoms with Gasteiger partial charge < -0.3 is 9.67 Å². The van der Waals surface area contributed by atoms with Crippen molar-refractivity contribution >= 4 is 0 Å². The van der Waals surface area contributed by atoms with Crippen LogP contribution in [0.5, 0.6) is 0 Å². The molecule has 0 spiro atoms. The first-order valence-corrected chi connectivity index (χ1v) is 4.38. The Labute approximate surface area is 71.2 Å². The van der Waals surface area contributed by atoms with Gasteiger partial charge in [0, 0.05) is 6.04 Å². The van der Waals surface area contributed by atoms with Crippen molar-refractivity contribution < 1.29 is 5.11 Å². The number of hydrogen-bond acceptors (Lipinski definition) is 3. The van der Waals surface area contributed by atoms with Gasteiger partial charge in [-0.2, -0.15) is 0 Å². The van der Waals surface area contributed by atoms with E-state index in [1.54, 1.807) is 12.7 Å². The highest BCUT2D eigenvalue weighted by Gasteiger charge is 2.19. The van der Waals surface area contributed by atoms with E-state index in [9.17, 15) is 5.11 Å². The van der Waals surface area contributed by atoms with E-state index in [1.807, 2.05) is 4.57 Å². The average molecular weight is 167 g/mol. The predicted molar refractivity (Wildman–Crippen MR) is 43.5 cm³/mol. The van der Waals surface area contributed by atoms with E-state index >= 15 is 0 Å². The van der Waals surface area contributed by atoms with Gasteiger partial charge in [0.05, 0.1) is 6.10 Å². The Hall–Kier alpha value is -0.900. The molecule has 2 rings (SSSR count). The summed E-state index contributed by atoms with van der Waals surface area (Å²) in [4.78, 5) is 0. The van der Waals surface area contributed by atoms with Gasteiger partial charge >= 0.3 is 0 Å². The summed E-state index contributed by atoms with van der Waals surface area (Å²) in [5.41, 5.74) is 0. The highest BCUT2D eigenvalue weighted by atomic mass is 16.3. The minimum absolute atomic E-state index is 0.0854. The molecule has 0 saturated heterocycles. The molecule has 0 amide bonds. The highest BCUT2D eigenvalue weighted by molar-refractivity contribution is 4.78. The van der Waals surface area contributed by atoms with Gasteiger partial charge in [-0.25, -0.2) is 0 Å². The lowest BCUT2D eigenvalue weighted by atomic mass is 9.93. The third kappa shape index (κ3) is 1.48. The molecule has 4 heteroatoms. The van der Waals surface area contributed by atoms with Crippen molar-refractivity contribution in [3.8, 4) is 0 Å². The molecule has 66 valence electrons. The molecule has 1 N–H and O–H groups in total. The molecule has 1 saturated carbocycles. The Morgan fingerprint density at radius 3 is 2.25 bits per heavy atom. The third-order valence-electron chi connectivity index (χ3n) is 2.52. The molecule has 0 unspecified atom stereocenters. The number of rotatable bonds is 1. The van der Waals surface area contributed by atoms with Crippen LogP contribution in [-0.2, 0) is 0 Å². The van der Waals surface area contributed by atoms with Crippen molar-refractivity contribution in [3.05, 3.63) is 12.7 Å². The fourth-order valence-corrected chi connectivity index (χ4v) is 1.75. The zero-order valence-corrected chi connectivity index (χ0v) is 6.93. The van der Waals surface area contributed by atoms with Crippen molar-refractivity contribution in [2.24, 2.45) is 0 Å². The molecule has 0 atom stereocenters. The molecule has 0 radical (unpaired) electrons. The van der Waals surface area contributed by atoms with Gasteiger partial charge in [0.2, 0.25) is 0 Å². The predicted octanol–water partition coefficient (Wildman–Crippen LogP) is 0.754. The van der Waals surface area contributed by atoms with Crippen LogP contribution in [0.2, 0.25) is 0 Å². The first-order valence-electron chi connectivity index (χ1n) is 4.38. The van der Waals surface area contributed by atoms with Gasteiger partial charge in [0.15, 0.2) is 0 Å². The fraction of sp³-hybridized carbons (Fsp3) is 0.750. The van der Waals surface area contributed by atoms with Crippen molar-refractivity contribution in [2.45, 2.75) is 37.8 Å². The number of nitrogens with zero attached hydrogens (tertiary/aromatic N) is 3. The van der Waals surface area contributed by atoms with Crippen LogP contribution in [0.4, 0.5) is 0 Å². The van der Waals surface area contributed by atoms with Crippen LogP contribution >= 0.6 is 0 Å². The summed E-state index contributed by atoms with van der Waals surface area (Å²) in [7, 11) is 0. The van der Waals surface area contributed by atoms with Gasteiger partial charge in [-0.15, -0.1) is 10.2 Å². The van der Waals surface area contributed by atoms with E-state index in [4.69, 9.17) is 0 Å². The second kappa shape index (κ2) is 3.23. The molecule has 0 aromatic carbocycles. The van der Waals surface area contributed by atoms with Gasteiger partial charge in [-0.05, 0) is 25.7 Å². The molecule has 1 aliphatic rings. The molecule has 0 bridgehead atoms. The lowest BCUT2D eigenvalue weighted by molar-refractivity contribution is 0.110. The van der Waals surface area contributed by atoms with Crippen LogP contribution in [0, 0.1) is 0 Å². The maximum absolute atomic E-state index is 9.28. The number of aromatic nitrogens is 3. The van der Waals surface area contributed by atoms with Crippen LogP contribution in [0.3, 0.4) is 0 Å². The monoisotopic (exact) mass is 167 g/mol. The smallest absolute Gasteiger partial charge is 0.119 e. The molecule has 4 nitrogen and oxygen atoms in total. The normalized spacial score (nSPS) is 30.4. The Kier molecular flexibility index (Phi) is 2.08. The molecular weight excluding hydrogens is 154 g/mol. The summed E-state index contributed by atoms with van der Waals surface area (Å²) in [6.07, 6.45) is 7.31. The van der Waals surface area contributed by atoms with E-state index in [0.29, 0.717) is 6.04 Å².